The Kier molecular flexibility index (Phi) is 7.66. The summed E-state index contributed by atoms with van der Waals surface area (Å²) in [5, 5.41) is 6.56. The van der Waals surface area contributed by atoms with Crippen molar-refractivity contribution in [2.45, 2.75) is 32.9 Å². The summed E-state index contributed by atoms with van der Waals surface area (Å²) in [6, 6.07) is 10.3. The smallest absolute Gasteiger partial charge is 0.191 e. The fourth-order valence-corrected chi connectivity index (χ4v) is 1.60. The third-order valence-corrected chi connectivity index (χ3v) is 2.59. The first-order chi connectivity index (χ1) is 9.22. The quantitative estimate of drug-likeness (QED) is 0.450. The minimum atomic E-state index is 0.301. The van der Waals surface area contributed by atoms with E-state index >= 15 is 0 Å². The highest BCUT2D eigenvalue weighted by molar-refractivity contribution is 5.79. The summed E-state index contributed by atoms with van der Waals surface area (Å²) in [5.74, 6) is 0.827. The Hall–Kier alpha value is -1.55. The minimum Gasteiger partial charge on any atom is -0.379 e. The van der Waals surface area contributed by atoms with Crippen LogP contribution in [0.25, 0.3) is 0 Å². The molecule has 0 aliphatic heterocycles. The van der Waals surface area contributed by atoms with Crippen LogP contribution in [0.1, 0.15) is 25.8 Å². The molecule has 1 aromatic rings. The van der Waals surface area contributed by atoms with E-state index in [2.05, 4.69) is 27.8 Å². The zero-order valence-corrected chi connectivity index (χ0v) is 12.1. The monoisotopic (exact) mass is 263 g/mol. The number of aliphatic imine (C=N–C) groups is 1. The largest absolute Gasteiger partial charge is 0.379 e. The van der Waals surface area contributed by atoms with Crippen LogP contribution in [0.15, 0.2) is 35.3 Å². The molecular weight excluding hydrogens is 238 g/mol. The van der Waals surface area contributed by atoms with Crippen LogP contribution in [-0.4, -0.2) is 32.3 Å². The molecule has 0 atom stereocenters. The summed E-state index contributed by atoms with van der Waals surface area (Å²) in [7, 11) is 1.78. The molecule has 0 saturated carbocycles. The van der Waals surface area contributed by atoms with E-state index in [0.29, 0.717) is 6.10 Å². The van der Waals surface area contributed by atoms with Gasteiger partial charge in [-0.05, 0) is 25.8 Å². The van der Waals surface area contributed by atoms with Crippen LogP contribution < -0.4 is 10.6 Å². The van der Waals surface area contributed by atoms with Crippen molar-refractivity contribution >= 4 is 5.96 Å². The summed E-state index contributed by atoms with van der Waals surface area (Å²) >= 11 is 0. The minimum absolute atomic E-state index is 0.301. The van der Waals surface area contributed by atoms with E-state index in [0.717, 1.165) is 32.1 Å². The number of nitrogens with zero attached hydrogens (tertiary/aromatic N) is 1. The van der Waals surface area contributed by atoms with Gasteiger partial charge in [-0.1, -0.05) is 30.3 Å². The predicted octanol–water partition coefficient (Wildman–Crippen LogP) is 2.17. The Bertz CT molecular complexity index is 363. The molecule has 106 valence electrons. The van der Waals surface area contributed by atoms with Crippen molar-refractivity contribution < 1.29 is 4.74 Å². The maximum absolute atomic E-state index is 5.49. The molecule has 0 bridgehead atoms. The van der Waals surface area contributed by atoms with Gasteiger partial charge in [0.05, 0.1) is 6.10 Å². The Morgan fingerprint density at radius 3 is 2.58 bits per heavy atom. The van der Waals surface area contributed by atoms with Gasteiger partial charge in [0.15, 0.2) is 5.96 Å². The van der Waals surface area contributed by atoms with Crippen molar-refractivity contribution in [3.05, 3.63) is 35.9 Å². The molecule has 1 rings (SSSR count). The molecule has 4 nitrogen and oxygen atoms in total. The van der Waals surface area contributed by atoms with Crippen molar-refractivity contribution in [2.24, 2.45) is 4.99 Å². The SMILES string of the molecule is CN=C(NCCCOC(C)C)NCc1ccccc1. The maximum Gasteiger partial charge on any atom is 0.191 e. The van der Waals surface area contributed by atoms with Crippen molar-refractivity contribution in [2.75, 3.05) is 20.2 Å². The third kappa shape index (κ3) is 7.47. The highest BCUT2D eigenvalue weighted by Gasteiger charge is 1.98. The van der Waals surface area contributed by atoms with Crippen LogP contribution >= 0.6 is 0 Å². The van der Waals surface area contributed by atoms with Crippen LogP contribution in [0.5, 0.6) is 0 Å². The summed E-state index contributed by atoms with van der Waals surface area (Å²) in [4.78, 5) is 4.19. The van der Waals surface area contributed by atoms with Crippen LogP contribution in [0.3, 0.4) is 0 Å². The van der Waals surface area contributed by atoms with E-state index in [9.17, 15) is 0 Å². The van der Waals surface area contributed by atoms with E-state index < -0.39 is 0 Å². The molecule has 19 heavy (non-hydrogen) atoms. The zero-order valence-electron chi connectivity index (χ0n) is 12.1. The number of benzene rings is 1. The van der Waals surface area contributed by atoms with Gasteiger partial charge in [0.25, 0.3) is 0 Å². The van der Waals surface area contributed by atoms with Crippen LogP contribution in [0.4, 0.5) is 0 Å². The van der Waals surface area contributed by atoms with Gasteiger partial charge >= 0.3 is 0 Å². The lowest BCUT2D eigenvalue weighted by Gasteiger charge is -2.12. The molecule has 0 saturated heterocycles. The topological polar surface area (TPSA) is 45.7 Å². The van der Waals surface area contributed by atoms with Gasteiger partial charge in [0, 0.05) is 26.7 Å². The predicted molar refractivity (Wildman–Crippen MR) is 80.3 cm³/mol. The van der Waals surface area contributed by atoms with Crippen molar-refractivity contribution in [3.63, 3.8) is 0 Å². The number of rotatable bonds is 7. The first-order valence-corrected chi connectivity index (χ1v) is 6.82. The zero-order chi connectivity index (χ0) is 13.9. The first kappa shape index (κ1) is 15.5. The van der Waals surface area contributed by atoms with Gasteiger partial charge in [-0.25, -0.2) is 0 Å². The number of hydrogen-bond acceptors (Lipinski definition) is 2. The Morgan fingerprint density at radius 1 is 1.21 bits per heavy atom. The van der Waals surface area contributed by atoms with Gasteiger partial charge in [-0.15, -0.1) is 0 Å². The van der Waals surface area contributed by atoms with Gasteiger partial charge in [-0.3, -0.25) is 4.99 Å². The Morgan fingerprint density at radius 2 is 1.95 bits per heavy atom. The molecule has 1 aromatic carbocycles. The molecule has 4 heteroatoms. The van der Waals surface area contributed by atoms with Gasteiger partial charge in [0.2, 0.25) is 0 Å². The molecular formula is C15H25N3O. The van der Waals surface area contributed by atoms with E-state index in [1.54, 1.807) is 7.05 Å². The maximum atomic E-state index is 5.49. The molecule has 0 aliphatic rings. The average molecular weight is 263 g/mol. The molecule has 2 N–H and O–H groups in total. The normalized spacial score (nSPS) is 11.7. The second kappa shape index (κ2) is 9.39. The van der Waals surface area contributed by atoms with E-state index in [1.165, 1.54) is 5.56 Å². The van der Waals surface area contributed by atoms with Gasteiger partial charge < -0.3 is 15.4 Å². The molecule has 0 unspecified atom stereocenters. The van der Waals surface area contributed by atoms with Crippen LogP contribution in [0.2, 0.25) is 0 Å². The Balaban J connectivity index is 2.16. The lowest BCUT2D eigenvalue weighted by Crippen LogP contribution is -2.37. The van der Waals surface area contributed by atoms with E-state index in [4.69, 9.17) is 4.74 Å². The van der Waals surface area contributed by atoms with Crippen molar-refractivity contribution in [1.29, 1.82) is 0 Å². The van der Waals surface area contributed by atoms with E-state index in [-0.39, 0.29) is 0 Å². The molecule has 0 fully saturated rings. The van der Waals surface area contributed by atoms with Gasteiger partial charge in [-0.2, -0.15) is 0 Å². The fourth-order valence-electron chi connectivity index (χ4n) is 1.60. The molecule has 0 radical (unpaired) electrons. The first-order valence-electron chi connectivity index (χ1n) is 6.82. The number of ether oxygens (including phenoxy) is 1. The highest BCUT2D eigenvalue weighted by Crippen LogP contribution is 1.96. The fraction of sp³-hybridized carbons (Fsp3) is 0.533. The molecule has 0 amide bonds. The van der Waals surface area contributed by atoms with Crippen LogP contribution in [0, 0.1) is 0 Å². The van der Waals surface area contributed by atoms with Crippen molar-refractivity contribution in [1.82, 2.24) is 10.6 Å². The van der Waals surface area contributed by atoms with Crippen LogP contribution in [-0.2, 0) is 11.3 Å². The summed E-state index contributed by atoms with van der Waals surface area (Å²) < 4.78 is 5.49. The molecule has 0 aliphatic carbocycles. The number of nitrogens with one attached hydrogen (secondary N) is 2. The van der Waals surface area contributed by atoms with Gasteiger partial charge in [0.1, 0.15) is 0 Å². The summed E-state index contributed by atoms with van der Waals surface area (Å²) in [5.41, 5.74) is 1.24. The summed E-state index contributed by atoms with van der Waals surface area (Å²) in [6.45, 7) is 6.52. The lowest BCUT2D eigenvalue weighted by atomic mass is 10.2. The average Bonchev–Trinajstić information content (AvgIpc) is 2.42. The number of hydrogen-bond donors (Lipinski definition) is 2. The lowest BCUT2D eigenvalue weighted by molar-refractivity contribution is 0.0776. The van der Waals surface area contributed by atoms with E-state index in [1.807, 2.05) is 32.0 Å². The molecule has 0 spiro atoms. The standard InChI is InChI=1S/C15H25N3O/c1-13(2)19-11-7-10-17-15(16-3)18-12-14-8-5-4-6-9-14/h4-6,8-9,13H,7,10-12H2,1-3H3,(H2,16,17,18). The summed E-state index contributed by atoms with van der Waals surface area (Å²) in [6.07, 6.45) is 1.28. The Labute approximate surface area is 116 Å². The van der Waals surface area contributed by atoms with Crippen molar-refractivity contribution in [3.8, 4) is 0 Å². The molecule has 0 aromatic heterocycles. The second-order valence-electron chi connectivity index (χ2n) is 4.61. The second-order valence-corrected chi connectivity index (χ2v) is 4.61. The highest BCUT2D eigenvalue weighted by atomic mass is 16.5. The molecule has 0 heterocycles. The third-order valence-electron chi connectivity index (χ3n) is 2.59. The number of guanidine groups is 1.